The molecule has 1 N–H and O–H groups in total. The van der Waals surface area contributed by atoms with Gasteiger partial charge < -0.3 is 10.1 Å². The largest absolute Gasteiger partial charge is 0.452 e. The molecule has 0 saturated carbocycles. The maximum Gasteiger partial charge on any atom is 0.338 e. The molecule has 136 valence electrons. The van der Waals surface area contributed by atoms with E-state index in [1.807, 2.05) is 6.07 Å². The first kappa shape index (κ1) is 20.6. The van der Waals surface area contributed by atoms with Gasteiger partial charge in [0.05, 0.1) is 17.4 Å². The molecule has 1 amide bonds. The molecule has 1 aromatic carbocycles. The number of carbonyl (C=O) groups is 2. The smallest absolute Gasteiger partial charge is 0.338 e. The standard InChI is InChI=1S/C17H22N2O5S/c1-12(2)17(3,11-18)19-15(20)9-24-16(21)14-7-5-6-13(8-14)10-25(4,22)23/h5-8,12H,9-10H2,1-4H3,(H,19,20)/t17-/m1/s1. The summed E-state index contributed by atoms with van der Waals surface area (Å²) in [6.07, 6.45) is 1.10. The third kappa shape index (κ3) is 6.55. The summed E-state index contributed by atoms with van der Waals surface area (Å²) < 4.78 is 27.6. The Morgan fingerprint density at radius 1 is 1.36 bits per heavy atom. The molecule has 1 atom stereocenters. The number of hydrogen-bond donors (Lipinski definition) is 1. The first-order valence-corrected chi connectivity index (χ1v) is 9.69. The minimum atomic E-state index is -3.22. The normalized spacial score (nSPS) is 13.6. The summed E-state index contributed by atoms with van der Waals surface area (Å²) in [4.78, 5) is 23.9. The molecule has 25 heavy (non-hydrogen) atoms. The van der Waals surface area contributed by atoms with Gasteiger partial charge >= 0.3 is 5.97 Å². The molecule has 8 heteroatoms. The van der Waals surface area contributed by atoms with Crippen LogP contribution in [0.2, 0.25) is 0 Å². The second-order valence-electron chi connectivity index (χ2n) is 6.36. The highest BCUT2D eigenvalue weighted by atomic mass is 32.2. The van der Waals surface area contributed by atoms with Crippen molar-refractivity contribution in [2.45, 2.75) is 32.1 Å². The van der Waals surface area contributed by atoms with Crippen LogP contribution in [0.15, 0.2) is 24.3 Å². The first-order chi connectivity index (χ1) is 11.5. The molecule has 0 aromatic heterocycles. The van der Waals surface area contributed by atoms with Crippen LogP contribution in [0.25, 0.3) is 0 Å². The average molecular weight is 366 g/mol. The van der Waals surface area contributed by atoms with Crippen LogP contribution in [-0.2, 0) is 25.1 Å². The van der Waals surface area contributed by atoms with E-state index in [1.54, 1.807) is 32.9 Å². The van der Waals surface area contributed by atoms with Crippen molar-refractivity contribution >= 4 is 21.7 Å². The number of nitrogens with one attached hydrogen (secondary N) is 1. The summed E-state index contributed by atoms with van der Waals surface area (Å²) in [5, 5.41) is 11.7. The number of nitrogens with zero attached hydrogens (tertiary/aromatic N) is 1. The third-order valence-electron chi connectivity index (χ3n) is 3.71. The Labute approximate surface area is 147 Å². The van der Waals surface area contributed by atoms with Crippen LogP contribution in [0.4, 0.5) is 0 Å². The zero-order valence-electron chi connectivity index (χ0n) is 14.7. The zero-order valence-corrected chi connectivity index (χ0v) is 15.5. The topological polar surface area (TPSA) is 113 Å². The number of benzene rings is 1. The second kappa shape index (κ2) is 8.12. The highest BCUT2D eigenvalue weighted by Crippen LogP contribution is 2.15. The molecule has 1 aromatic rings. The fourth-order valence-corrected chi connectivity index (χ4v) is 2.72. The van der Waals surface area contributed by atoms with Gasteiger partial charge in [-0.25, -0.2) is 13.2 Å². The monoisotopic (exact) mass is 366 g/mol. The molecule has 1 rings (SSSR count). The van der Waals surface area contributed by atoms with Gasteiger partial charge in [-0.3, -0.25) is 4.79 Å². The van der Waals surface area contributed by atoms with Crippen molar-refractivity contribution in [2.24, 2.45) is 5.92 Å². The van der Waals surface area contributed by atoms with Crippen LogP contribution in [0.3, 0.4) is 0 Å². The number of amides is 1. The van der Waals surface area contributed by atoms with Crippen molar-refractivity contribution in [3.8, 4) is 6.07 Å². The van der Waals surface area contributed by atoms with Gasteiger partial charge in [-0.2, -0.15) is 5.26 Å². The van der Waals surface area contributed by atoms with Gasteiger partial charge in [-0.1, -0.05) is 26.0 Å². The van der Waals surface area contributed by atoms with Crippen molar-refractivity contribution in [3.63, 3.8) is 0 Å². The maximum absolute atomic E-state index is 12.0. The predicted molar refractivity (Wildman–Crippen MR) is 92.3 cm³/mol. The van der Waals surface area contributed by atoms with Crippen molar-refractivity contribution < 1.29 is 22.7 Å². The fraction of sp³-hybridized carbons (Fsp3) is 0.471. The number of nitriles is 1. The molecule has 0 fully saturated rings. The number of sulfone groups is 1. The molecule has 0 saturated heterocycles. The molecular formula is C17H22N2O5S. The Balaban J connectivity index is 2.70. The Hall–Kier alpha value is -2.40. The average Bonchev–Trinajstić information content (AvgIpc) is 2.50. The van der Waals surface area contributed by atoms with Gasteiger partial charge in [0, 0.05) is 6.26 Å². The molecule has 0 unspecified atom stereocenters. The number of ether oxygens (including phenoxy) is 1. The van der Waals surface area contributed by atoms with Crippen molar-refractivity contribution in [3.05, 3.63) is 35.4 Å². The van der Waals surface area contributed by atoms with E-state index in [2.05, 4.69) is 5.32 Å². The lowest BCUT2D eigenvalue weighted by Crippen LogP contribution is -2.50. The van der Waals surface area contributed by atoms with E-state index in [0.717, 1.165) is 6.26 Å². The molecule has 0 aliphatic carbocycles. The SMILES string of the molecule is CC(C)[C@@](C)(C#N)NC(=O)COC(=O)c1cccc(CS(C)(=O)=O)c1. The van der Waals surface area contributed by atoms with Gasteiger partial charge in [-0.05, 0) is 30.5 Å². The lowest BCUT2D eigenvalue weighted by Gasteiger charge is -2.27. The van der Waals surface area contributed by atoms with Gasteiger partial charge in [-0.15, -0.1) is 0 Å². The molecule has 7 nitrogen and oxygen atoms in total. The van der Waals surface area contributed by atoms with E-state index in [4.69, 9.17) is 10.00 Å². The highest BCUT2D eigenvalue weighted by Gasteiger charge is 2.30. The second-order valence-corrected chi connectivity index (χ2v) is 8.50. The third-order valence-corrected chi connectivity index (χ3v) is 4.57. The maximum atomic E-state index is 12.0. The van der Waals surface area contributed by atoms with Crippen LogP contribution in [0.5, 0.6) is 0 Å². The van der Waals surface area contributed by atoms with E-state index >= 15 is 0 Å². The van der Waals surface area contributed by atoms with Gasteiger partial charge in [0.1, 0.15) is 5.54 Å². The number of rotatable bonds is 7. The van der Waals surface area contributed by atoms with E-state index in [-0.39, 0.29) is 17.2 Å². The van der Waals surface area contributed by atoms with Crippen LogP contribution >= 0.6 is 0 Å². The summed E-state index contributed by atoms with van der Waals surface area (Å²) in [5.74, 6) is -1.64. The van der Waals surface area contributed by atoms with Crippen molar-refractivity contribution in [1.82, 2.24) is 5.32 Å². The van der Waals surface area contributed by atoms with Crippen LogP contribution in [0.1, 0.15) is 36.7 Å². The van der Waals surface area contributed by atoms with Gasteiger partial charge in [0.2, 0.25) is 0 Å². The van der Waals surface area contributed by atoms with E-state index < -0.39 is 33.9 Å². The van der Waals surface area contributed by atoms with Gasteiger partial charge in [0.25, 0.3) is 5.91 Å². The first-order valence-electron chi connectivity index (χ1n) is 7.63. The minimum absolute atomic E-state index is 0.121. The Morgan fingerprint density at radius 2 is 2.00 bits per heavy atom. The van der Waals surface area contributed by atoms with Crippen molar-refractivity contribution in [2.75, 3.05) is 12.9 Å². The summed E-state index contributed by atoms with van der Waals surface area (Å²) in [6.45, 7) is 4.65. The molecule has 0 aliphatic rings. The molecule has 0 spiro atoms. The highest BCUT2D eigenvalue weighted by molar-refractivity contribution is 7.89. The summed E-state index contributed by atoms with van der Waals surface area (Å²) in [6, 6.07) is 8.04. The number of esters is 1. The quantitative estimate of drug-likeness (QED) is 0.731. The zero-order chi connectivity index (χ0) is 19.3. The predicted octanol–water partition coefficient (Wildman–Crippen LogP) is 1.44. The van der Waals surface area contributed by atoms with Crippen LogP contribution in [0, 0.1) is 17.2 Å². The molecule has 0 bridgehead atoms. The molecular weight excluding hydrogens is 344 g/mol. The van der Waals surface area contributed by atoms with Crippen LogP contribution < -0.4 is 5.32 Å². The van der Waals surface area contributed by atoms with E-state index in [9.17, 15) is 18.0 Å². The Bertz CT molecular complexity index is 796. The van der Waals surface area contributed by atoms with Crippen LogP contribution in [-0.4, -0.2) is 38.7 Å². The fourth-order valence-electron chi connectivity index (χ4n) is 1.93. The molecule has 0 radical (unpaired) electrons. The molecule has 0 aliphatic heterocycles. The summed E-state index contributed by atoms with van der Waals surface area (Å²) in [5.41, 5.74) is -0.446. The van der Waals surface area contributed by atoms with E-state index in [1.165, 1.54) is 12.1 Å². The minimum Gasteiger partial charge on any atom is -0.452 e. The number of carbonyl (C=O) groups excluding carboxylic acids is 2. The lowest BCUT2D eigenvalue weighted by atomic mass is 9.90. The molecule has 0 heterocycles. The Kier molecular flexibility index (Phi) is 6.70. The lowest BCUT2D eigenvalue weighted by molar-refractivity contribution is -0.125. The number of hydrogen-bond acceptors (Lipinski definition) is 6. The van der Waals surface area contributed by atoms with Crippen molar-refractivity contribution in [1.29, 1.82) is 5.26 Å². The summed E-state index contributed by atoms with van der Waals surface area (Å²) in [7, 11) is -3.22. The Morgan fingerprint density at radius 3 is 2.52 bits per heavy atom. The summed E-state index contributed by atoms with van der Waals surface area (Å²) >= 11 is 0. The van der Waals surface area contributed by atoms with Gasteiger partial charge in [0.15, 0.2) is 16.4 Å². The van der Waals surface area contributed by atoms with E-state index in [0.29, 0.717) is 5.56 Å².